The number of nitrogens with one attached hydrogen (secondary N) is 2. The number of H-pyrrole nitrogens is 1. The molecule has 3 rings (SSSR count). The van der Waals surface area contributed by atoms with Crippen LogP contribution < -0.4 is 5.32 Å². The Bertz CT molecular complexity index is 569. The number of amides is 1. The Morgan fingerprint density at radius 2 is 2.32 bits per heavy atom. The first kappa shape index (κ1) is 12.6. The van der Waals surface area contributed by atoms with Crippen LogP contribution >= 0.6 is 11.8 Å². The number of fused-ring (bicyclic) bond motifs is 1. The monoisotopic (exact) mass is 276 g/mol. The SMILES string of the molecule is O=C(NCC1(O)CCSC1)c1cc2ccccc2[nH]1. The molecular weight excluding hydrogens is 260 g/mol. The van der Waals surface area contributed by atoms with Crippen molar-refractivity contribution in [3.63, 3.8) is 0 Å². The van der Waals surface area contributed by atoms with Crippen LogP contribution in [-0.2, 0) is 0 Å². The van der Waals surface area contributed by atoms with Crippen LogP contribution in [0.3, 0.4) is 0 Å². The Morgan fingerprint density at radius 1 is 1.47 bits per heavy atom. The Labute approximate surface area is 115 Å². The van der Waals surface area contributed by atoms with E-state index in [-0.39, 0.29) is 5.91 Å². The zero-order valence-electron chi connectivity index (χ0n) is 10.5. The standard InChI is InChI=1S/C14H16N2O2S/c17-13(15-8-14(18)5-6-19-9-14)12-7-10-3-1-2-4-11(10)16-12/h1-4,7,16,18H,5-6,8-9H2,(H,15,17). The minimum atomic E-state index is -0.744. The van der Waals surface area contributed by atoms with E-state index in [0.717, 1.165) is 23.1 Å². The van der Waals surface area contributed by atoms with Crippen molar-refractivity contribution in [3.8, 4) is 0 Å². The van der Waals surface area contributed by atoms with Crippen molar-refractivity contribution in [2.24, 2.45) is 0 Å². The van der Waals surface area contributed by atoms with Crippen molar-refractivity contribution in [3.05, 3.63) is 36.0 Å². The van der Waals surface area contributed by atoms with E-state index >= 15 is 0 Å². The van der Waals surface area contributed by atoms with Gasteiger partial charge in [0.1, 0.15) is 5.69 Å². The number of carbonyl (C=O) groups excluding carboxylic acids is 1. The molecule has 1 amide bonds. The van der Waals surface area contributed by atoms with Crippen molar-refractivity contribution in [1.29, 1.82) is 0 Å². The third kappa shape index (κ3) is 2.62. The van der Waals surface area contributed by atoms with Gasteiger partial charge in [0.05, 0.1) is 5.60 Å². The van der Waals surface area contributed by atoms with Crippen LogP contribution in [-0.4, -0.2) is 39.6 Å². The number of aliphatic hydroxyl groups is 1. The van der Waals surface area contributed by atoms with Gasteiger partial charge in [0.25, 0.3) is 5.91 Å². The molecule has 0 saturated carbocycles. The first-order valence-electron chi connectivity index (χ1n) is 6.32. The predicted molar refractivity (Wildman–Crippen MR) is 77.5 cm³/mol. The van der Waals surface area contributed by atoms with Gasteiger partial charge in [-0.3, -0.25) is 4.79 Å². The summed E-state index contributed by atoms with van der Waals surface area (Å²) in [5.74, 6) is 1.49. The van der Waals surface area contributed by atoms with E-state index in [9.17, 15) is 9.90 Å². The lowest BCUT2D eigenvalue weighted by molar-refractivity contribution is 0.0611. The highest BCUT2D eigenvalue weighted by Gasteiger charge is 2.32. The molecule has 1 saturated heterocycles. The molecule has 1 aromatic heterocycles. The molecule has 19 heavy (non-hydrogen) atoms. The summed E-state index contributed by atoms with van der Waals surface area (Å²) >= 11 is 1.72. The Hall–Kier alpha value is -1.46. The summed E-state index contributed by atoms with van der Waals surface area (Å²) in [7, 11) is 0. The minimum absolute atomic E-state index is 0.165. The van der Waals surface area contributed by atoms with Crippen LogP contribution in [0.15, 0.2) is 30.3 Å². The number of hydrogen-bond acceptors (Lipinski definition) is 3. The maximum atomic E-state index is 12.1. The van der Waals surface area contributed by atoms with Crippen molar-refractivity contribution in [1.82, 2.24) is 10.3 Å². The molecular formula is C14H16N2O2S. The van der Waals surface area contributed by atoms with Gasteiger partial charge in [-0.2, -0.15) is 11.8 Å². The fourth-order valence-electron chi connectivity index (χ4n) is 2.27. The molecule has 0 aliphatic carbocycles. The second-order valence-corrected chi connectivity index (χ2v) is 6.09. The van der Waals surface area contributed by atoms with E-state index < -0.39 is 5.60 Å². The lowest BCUT2D eigenvalue weighted by Gasteiger charge is -2.21. The van der Waals surface area contributed by atoms with Crippen LogP contribution in [0.4, 0.5) is 0 Å². The van der Waals surface area contributed by atoms with Gasteiger partial charge in [-0.25, -0.2) is 0 Å². The zero-order chi connectivity index (χ0) is 13.3. The molecule has 1 aromatic carbocycles. The third-order valence-electron chi connectivity index (χ3n) is 3.44. The maximum Gasteiger partial charge on any atom is 0.267 e. The second kappa shape index (κ2) is 4.90. The molecule has 1 fully saturated rings. The maximum absolute atomic E-state index is 12.1. The van der Waals surface area contributed by atoms with Gasteiger partial charge in [-0.05, 0) is 24.3 Å². The van der Waals surface area contributed by atoms with Crippen LogP contribution in [0, 0.1) is 0 Å². The van der Waals surface area contributed by atoms with E-state index in [2.05, 4.69) is 10.3 Å². The summed E-state index contributed by atoms with van der Waals surface area (Å²) in [5.41, 5.74) is 0.741. The van der Waals surface area contributed by atoms with Gasteiger partial charge in [-0.15, -0.1) is 0 Å². The summed E-state index contributed by atoms with van der Waals surface area (Å²) in [6, 6.07) is 9.60. The first-order chi connectivity index (χ1) is 9.16. The summed E-state index contributed by atoms with van der Waals surface area (Å²) in [6.45, 7) is 0.314. The van der Waals surface area contributed by atoms with Crippen molar-refractivity contribution in [2.45, 2.75) is 12.0 Å². The molecule has 2 aromatic rings. The summed E-state index contributed by atoms with van der Waals surface area (Å²) in [4.78, 5) is 15.1. The Morgan fingerprint density at radius 3 is 3.05 bits per heavy atom. The van der Waals surface area contributed by atoms with E-state index in [1.807, 2.05) is 30.3 Å². The largest absolute Gasteiger partial charge is 0.387 e. The number of carbonyl (C=O) groups is 1. The molecule has 5 heteroatoms. The van der Waals surface area contributed by atoms with E-state index in [4.69, 9.17) is 0 Å². The molecule has 0 bridgehead atoms. The summed E-state index contributed by atoms with van der Waals surface area (Å²) in [5, 5.41) is 14.0. The van der Waals surface area contributed by atoms with E-state index in [1.54, 1.807) is 11.8 Å². The molecule has 1 unspecified atom stereocenters. The second-order valence-electron chi connectivity index (χ2n) is 4.98. The average molecular weight is 276 g/mol. The quantitative estimate of drug-likeness (QED) is 0.800. The highest BCUT2D eigenvalue weighted by atomic mass is 32.2. The van der Waals surface area contributed by atoms with Gasteiger partial charge in [0.2, 0.25) is 0 Å². The highest BCUT2D eigenvalue weighted by Crippen LogP contribution is 2.27. The van der Waals surface area contributed by atoms with Gasteiger partial charge >= 0.3 is 0 Å². The molecule has 1 aliphatic heterocycles. The molecule has 2 heterocycles. The topological polar surface area (TPSA) is 65.1 Å². The normalized spacial score (nSPS) is 22.8. The van der Waals surface area contributed by atoms with Gasteiger partial charge in [0, 0.05) is 23.2 Å². The molecule has 100 valence electrons. The number of rotatable bonds is 3. The number of hydrogen-bond donors (Lipinski definition) is 3. The number of aromatic amines is 1. The van der Waals surface area contributed by atoms with Crippen molar-refractivity contribution in [2.75, 3.05) is 18.1 Å². The molecule has 4 nitrogen and oxygen atoms in total. The van der Waals surface area contributed by atoms with Crippen LogP contribution in [0.5, 0.6) is 0 Å². The molecule has 1 aliphatic rings. The highest BCUT2D eigenvalue weighted by molar-refractivity contribution is 7.99. The number of para-hydroxylation sites is 1. The lowest BCUT2D eigenvalue weighted by Crippen LogP contribution is -2.43. The van der Waals surface area contributed by atoms with Gasteiger partial charge < -0.3 is 15.4 Å². The van der Waals surface area contributed by atoms with Gasteiger partial charge in [0.15, 0.2) is 0 Å². The fourth-order valence-corrected chi connectivity index (χ4v) is 3.57. The molecule has 3 N–H and O–H groups in total. The summed E-state index contributed by atoms with van der Waals surface area (Å²) < 4.78 is 0. The molecule has 0 spiro atoms. The smallest absolute Gasteiger partial charge is 0.267 e. The number of aromatic nitrogens is 1. The first-order valence-corrected chi connectivity index (χ1v) is 7.48. The zero-order valence-corrected chi connectivity index (χ0v) is 11.3. The molecule has 1 atom stereocenters. The fraction of sp³-hybridized carbons (Fsp3) is 0.357. The van der Waals surface area contributed by atoms with Crippen LogP contribution in [0.1, 0.15) is 16.9 Å². The molecule has 0 radical (unpaired) electrons. The predicted octanol–water partition coefficient (Wildman–Crippen LogP) is 1.77. The van der Waals surface area contributed by atoms with E-state index in [0.29, 0.717) is 18.0 Å². The van der Waals surface area contributed by atoms with E-state index in [1.165, 1.54) is 0 Å². The minimum Gasteiger partial charge on any atom is -0.387 e. The van der Waals surface area contributed by atoms with Crippen LogP contribution in [0.2, 0.25) is 0 Å². The average Bonchev–Trinajstić information content (AvgIpc) is 3.02. The number of thioether (sulfide) groups is 1. The van der Waals surface area contributed by atoms with Crippen molar-refractivity contribution < 1.29 is 9.90 Å². The third-order valence-corrected chi connectivity index (χ3v) is 4.67. The lowest BCUT2D eigenvalue weighted by atomic mass is 10.0. The van der Waals surface area contributed by atoms with Crippen molar-refractivity contribution >= 4 is 28.6 Å². The Balaban J connectivity index is 1.69. The van der Waals surface area contributed by atoms with Gasteiger partial charge in [-0.1, -0.05) is 18.2 Å². The summed E-state index contributed by atoms with van der Waals surface area (Å²) in [6.07, 6.45) is 0.741. The van der Waals surface area contributed by atoms with Crippen LogP contribution in [0.25, 0.3) is 10.9 Å². The Kier molecular flexibility index (Phi) is 3.24. The number of benzene rings is 1.